The first-order chi connectivity index (χ1) is 8.22. The number of carbonyl (C=O) groups is 1. The van der Waals surface area contributed by atoms with E-state index in [2.05, 4.69) is 11.8 Å². The van der Waals surface area contributed by atoms with Crippen molar-refractivity contribution in [3.05, 3.63) is 0 Å². The number of rotatable bonds is 5. The summed E-state index contributed by atoms with van der Waals surface area (Å²) in [4.78, 5) is 15.7. The molecular formula is C12H25N3O2. The van der Waals surface area contributed by atoms with Gasteiger partial charge in [-0.2, -0.15) is 0 Å². The smallest absolute Gasteiger partial charge is 0.409 e. The lowest BCUT2D eigenvalue weighted by Gasteiger charge is -2.38. The molecule has 1 unspecified atom stereocenters. The van der Waals surface area contributed by atoms with Crippen molar-refractivity contribution in [3.63, 3.8) is 0 Å². The molecule has 5 heteroatoms. The molecule has 100 valence electrons. The van der Waals surface area contributed by atoms with Crippen LogP contribution in [0.4, 0.5) is 4.79 Å². The van der Waals surface area contributed by atoms with Gasteiger partial charge in [-0.3, -0.25) is 4.90 Å². The summed E-state index contributed by atoms with van der Waals surface area (Å²) in [5.41, 5.74) is 5.78. The summed E-state index contributed by atoms with van der Waals surface area (Å²) < 4.78 is 4.99. The van der Waals surface area contributed by atoms with Crippen LogP contribution in [0.15, 0.2) is 0 Å². The van der Waals surface area contributed by atoms with Gasteiger partial charge in [-0.05, 0) is 13.3 Å². The van der Waals surface area contributed by atoms with Crippen molar-refractivity contribution in [2.75, 3.05) is 39.3 Å². The number of amides is 1. The lowest BCUT2D eigenvalue weighted by atomic mass is 10.1. The van der Waals surface area contributed by atoms with Crippen LogP contribution in [0, 0.1) is 0 Å². The van der Waals surface area contributed by atoms with Crippen molar-refractivity contribution in [3.8, 4) is 0 Å². The predicted molar refractivity (Wildman–Crippen MR) is 67.9 cm³/mol. The number of carbonyl (C=O) groups excluding carboxylic acids is 1. The van der Waals surface area contributed by atoms with Gasteiger partial charge in [0.1, 0.15) is 0 Å². The summed E-state index contributed by atoms with van der Waals surface area (Å²) in [5.74, 6) is 0. The van der Waals surface area contributed by atoms with Gasteiger partial charge in [-0.1, -0.05) is 13.3 Å². The molecule has 0 bridgehead atoms. The lowest BCUT2D eigenvalue weighted by Crippen LogP contribution is -2.53. The first-order valence-electron chi connectivity index (χ1n) is 6.58. The van der Waals surface area contributed by atoms with Gasteiger partial charge in [-0.15, -0.1) is 0 Å². The van der Waals surface area contributed by atoms with Crippen molar-refractivity contribution in [2.24, 2.45) is 5.73 Å². The summed E-state index contributed by atoms with van der Waals surface area (Å²) in [6, 6.07) is 0.462. The molecule has 0 saturated carbocycles. The molecule has 1 amide bonds. The zero-order chi connectivity index (χ0) is 12.7. The first kappa shape index (κ1) is 14.3. The first-order valence-corrected chi connectivity index (χ1v) is 6.58. The van der Waals surface area contributed by atoms with E-state index in [1.807, 2.05) is 6.92 Å². The lowest BCUT2D eigenvalue weighted by molar-refractivity contribution is 0.0656. The molecular weight excluding hydrogens is 218 g/mol. The minimum Gasteiger partial charge on any atom is -0.450 e. The highest BCUT2D eigenvalue weighted by Gasteiger charge is 2.25. The second-order valence-corrected chi connectivity index (χ2v) is 4.40. The molecule has 0 aromatic heterocycles. The van der Waals surface area contributed by atoms with E-state index in [9.17, 15) is 4.79 Å². The molecule has 1 saturated heterocycles. The third-order valence-corrected chi connectivity index (χ3v) is 3.25. The quantitative estimate of drug-likeness (QED) is 0.779. The van der Waals surface area contributed by atoms with Crippen LogP contribution in [0.3, 0.4) is 0 Å². The Morgan fingerprint density at radius 2 is 1.94 bits per heavy atom. The van der Waals surface area contributed by atoms with Crippen LogP contribution in [0.25, 0.3) is 0 Å². The van der Waals surface area contributed by atoms with E-state index in [4.69, 9.17) is 10.5 Å². The predicted octanol–water partition coefficient (Wildman–Crippen LogP) is 0.888. The Labute approximate surface area is 104 Å². The van der Waals surface area contributed by atoms with E-state index in [0.717, 1.165) is 39.0 Å². The molecule has 2 N–H and O–H groups in total. The summed E-state index contributed by atoms with van der Waals surface area (Å²) in [5, 5.41) is 0. The molecule has 1 atom stereocenters. The maximum Gasteiger partial charge on any atom is 0.409 e. The molecule has 1 aliphatic rings. The van der Waals surface area contributed by atoms with E-state index in [1.54, 1.807) is 4.90 Å². The van der Waals surface area contributed by atoms with Gasteiger partial charge in [0, 0.05) is 38.8 Å². The normalized spacial score (nSPS) is 19.1. The molecule has 0 radical (unpaired) electrons. The Balaban J connectivity index is 2.36. The Hall–Kier alpha value is -0.810. The fraction of sp³-hybridized carbons (Fsp3) is 0.917. The summed E-state index contributed by atoms with van der Waals surface area (Å²) in [6.45, 7) is 8.46. The van der Waals surface area contributed by atoms with Gasteiger partial charge in [0.25, 0.3) is 0 Å². The Morgan fingerprint density at radius 1 is 1.29 bits per heavy atom. The van der Waals surface area contributed by atoms with E-state index in [-0.39, 0.29) is 6.09 Å². The average molecular weight is 243 g/mol. The monoisotopic (exact) mass is 243 g/mol. The molecule has 1 rings (SSSR count). The van der Waals surface area contributed by atoms with E-state index in [1.165, 1.54) is 0 Å². The number of hydrogen-bond donors (Lipinski definition) is 1. The SMILES string of the molecule is CCCC(CN)N1CCN(C(=O)OCC)CC1. The van der Waals surface area contributed by atoms with Gasteiger partial charge >= 0.3 is 6.09 Å². The Kier molecular flexibility index (Phi) is 6.29. The van der Waals surface area contributed by atoms with Crippen molar-refractivity contribution >= 4 is 6.09 Å². The maximum atomic E-state index is 11.5. The van der Waals surface area contributed by atoms with Crippen LogP contribution < -0.4 is 5.73 Å². The third kappa shape index (κ3) is 4.16. The van der Waals surface area contributed by atoms with Crippen LogP contribution in [-0.4, -0.2) is 61.3 Å². The second kappa shape index (κ2) is 7.50. The van der Waals surface area contributed by atoms with Crippen molar-refractivity contribution in [1.82, 2.24) is 9.80 Å². The Morgan fingerprint density at radius 3 is 2.41 bits per heavy atom. The van der Waals surface area contributed by atoms with Crippen LogP contribution in [0.2, 0.25) is 0 Å². The number of hydrogen-bond acceptors (Lipinski definition) is 4. The summed E-state index contributed by atoms with van der Waals surface area (Å²) >= 11 is 0. The zero-order valence-electron chi connectivity index (χ0n) is 11.0. The standard InChI is InChI=1S/C12H25N3O2/c1-3-5-11(10-13)14-6-8-15(9-7-14)12(16)17-4-2/h11H,3-10,13H2,1-2H3. The highest BCUT2D eigenvalue weighted by atomic mass is 16.6. The number of nitrogens with zero attached hydrogens (tertiary/aromatic N) is 2. The van der Waals surface area contributed by atoms with Crippen molar-refractivity contribution < 1.29 is 9.53 Å². The second-order valence-electron chi connectivity index (χ2n) is 4.40. The zero-order valence-corrected chi connectivity index (χ0v) is 11.0. The number of nitrogens with two attached hydrogens (primary N) is 1. The molecule has 1 fully saturated rings. The highest BCUT2D eigenvalue weighted by molar-refractivity contribution is 5.67. The fourth-order valence-electron chi connectivity index (χ4n) is 2.27. The van der Waals surface area contributed by atoms with Gasteiger partial charge in [-0.25, -0.2) is 4.79 Å². The molecule has 0 spiro atoms. The third-order valence-electron chi connectivity index (χ3n) is 3.25. The average Bonchev–Trinajstić information content (AvgIpc) is 2.36. The van der Waals surface area contributed by atoms with E-state index < -0.39 is 0 Å². The summed E-state index contributed by atoms with van der Waals surface area (Å²) in [6.07, 6.45) is 2.10. The van der Waals surface area contributed by atoms with Gasteiger partial charge in [0.2, 0.25) is 0 Å². The molecule has 0 aliphatic carbocycles. The molecule has 1 aliphatic heterocycles. The maximum absolute atomic E-state index is 11.5. The van der Waals surface area contributed by atoms with Gasteiger partial charge in [0.15, 0.2) is 0 Å². The topological polar surface area (TPSA) is 58.8 Å². The van der Waals surface area contributed by atoms with Crippen molar-refractivity contribution in [2.45, 2.75) is 32.7 Å². The van der Waals surface area contributed by atoms with Crippen LogP contribution in [-0.2, 0) is 4.74 Å². The number of ether oxygens (including phenoxy) is 1. The van der Waals surface area contributed by atoms with Crippen molar-refractivity contribution in [1.29, 1.82) is 0 Å². The van der Waals surface area contributed by atoms with Crippen LogP contribution in [0.5, 0.6) is 0 Å². The molecule has 0 aromatic rings. The highest BCUT2D eigenvalue weighted by Crippen LogP contribution is 2.11. The van der Waals surface area contributed by atoms with E-state index >= 15 is 0 Å². The van der Waals surface area contributed by atoms with Gasteiger partial charge < -0.3 is 15.4 Å². The minimum absolute atomic E-state index is 0.188. The molecule has 0 aromatic carbocycles. The van der Waals surface area contributed by atoms with Crippen LogP contribution >= 0.6 is 0 Å². The number of piperazine rings is 1. The molecule has 5 nitrogen and oxygen atoms in total. The van der Waals surface area contributed by atoms with E-state index in [0.29, 0.717) is 19.2 Å². The van der Waals surface area contributed by atoms with Crippen LogP contribution in [0.1, 0.15) is 26.7 Å². The Bertz CT molecular complexity index is 228. The fourth-order valence-corrected chi connectivity index (χ4v) is 2.27. The van der Waals surface area contributed by atoms with Gasteiger partial charge in [0.05, 0.1) is 6.61 Å². The minimum atomic E-state index is -0.188. The summed E-state index contributed by atoms with van der Waals surface area (Å²) in [7, 11) is 0. The largest absolute Gasteiger partial charge is 0.450 e. The molecule has 17 heavy (non-hydrogen) atoms. The molecule has 1 heterocycles.